The van der Waals surface area contributed by atoms with Crippen LogP contribution in [0.2, 0.25) is 0 Å². The zero-order valence-corrected chi connectivity index (χ0v) is 12.8. The Kier molecular flexibility index (Phi) is 2.72. The summed E-state index contributed by atoms with van der Waals surface area (Å²) in [6, 6.07) is -0.226. The second-order valence-electron chi connectivity index (χ2n) is 5.95. The van der Waals surface area contributed by atoms with Crippen molar-refractivity contribution in [1.29, 1.82) is 0 Å². The van der Waals surface area contributed by atoms with Gasteiger partial charge in [0.2, 0.25) is 11.6 Å². The molecule has 0 radical (unpaired) electrons. The Labute approximate surface area is 126 Å². The quantitative estimate of drug-likeness (QED) is 0.800. The van der Waals surface area contributed by atoms with Crippen LogP contribution in [0.4, 0.5) is 0 Å². The van der Waals surface area contributed by atoms with Crippen molar-refractivity contribution in [1.82, 2.24) is 24.9 Å². The Bertz CT molecular complexity index is 890. The molecule has 1 aliphatic rings. The molecule has 114 valence electrons. The summed E-state index contributed by atoms with van der Waals surface area (Å²) >= 11 is 0. The number of aromatic nitrogens is 4. The van der Waals surface area contributed by atoms with Crippen LogP contribution in [0.15, 0.2) is 10.7 Å². The summed E-state index contributed by atoms with van der Waals surface area (Å²) in [5.74, 6) is 1.67. The molecule has 4 rings (SSSR count). The summed E-state index contributed by atoms with van der Waals surface area (Å²) in [6.45, 7) is 5.78. The van der Waals surface area contributed by atoms with Gasteiger partial charge in [0.15, 0.2) is 11.5 Å². The molecule has 0 bridgehead atoms. The monoisotopic (exact) mass is 299 g/mol. The van der Waals surface area contributed by atoms with Crippen molar-refractivity contribution in [2.75, 3.05) is 0 Å². The first-order valence-electron chi connectivity index (χ1n) is 7.46. The number of carbonyl (C=O) groups excluding carboxylic acids is 1. The van der Waals surface area contributed by atoms with Crippen molar-refractivity contribution in [3.05, 3.63) is 23.5 Å². The molecule has 3 aromatic rings. The van der Waals surface area contributed by atoms with Crippen LogP contribution in [0.1, 0.15) is 43.0 Å². The lowest BCUT2D eigenvalue weighted by Crippen LogP contribution is -2.28. The van der Waals surface area contributed by atoms with Crippen LogP contribution in [0.25, 0.3) is 16.7 Å². The van der Waals surface area contributed by atoms with Gasteiger partial charge in [0, 0.05) is 11.5 Å². The molecule has 1 amide bonds. The molecule has 1 saturated carbocycles. The molecule has 1 aliphatic carbocycles. The van der Waals surface area contributed by atoms with E-state index in [0.29, 0.717) is 17.2 Å². The Morgan fingerprint density at radius 3 is 2.95 bits per heavy atom. The summed E-state index contributed by atoms with van der Waals surface area (Å²) in [5, 5.41) is 8.27. The first-order valence-corrected chi connectivity index (χ1v) is 7.46. The van der Waals surface area contributed by atoms with Gasteiger partial charge in [-0.1, -0.05) is 0 Å². The fourth-order valence-electron chi connectivity index (χ4n) is 2.59. The van der Waals surface area contributed by atoms with Crippen molar-refractivity contribution in [2.24, 2.45) is 5.92 Å². The SMILES string of the molecule is Cc1oc2ncn3nc([C@H](C)NC(=O)C4CC4)nc3c2c1C. The molecule has 1 N–H and O–H groups in total. The molecule has 0 aliphatic heterocycles. The van der Waals surface area contributed by atoms with Crippen LogP contribution in [-0.2, 0) is 4.79 Å². The highest BCUT2D eigenvalue weighted by atomic mass is 16.3. The number of nitrogens with zero attached hydrogens (tertiary/aromatic N) is 4. The molecule has 7 heteroatoms. The summed E-state index contributed by atoms with van der Waals surface area (Å²) in [5.41, 5.74) is 2.29. The molecule has 0 spiro atoms. The van der Waals surface area contributed by atoms with Gasteiger partial charge in [0.1, 0.15) is 12.1 Å². The van der Waals surface area contributed by atoms with Crippen LogP contribution in [0.3, 0.4) is 0 Å². The van der Waals surface area contributed by atoms with E-state index in [1.807, 2.05) is 20.8 Å². The number of amides is 1. The highest BCUT2D eigenvalue weighted by Gasteiger charge is 2.31. The van der Waals surface area contributed by atoms with Crippen molar-refractivity contribution < 1.29 is 9.21 Å². The van der Waals surface area contributed by atoms with E-state index in [2.05, 4.69) is 20.4 Å². The lowest BCUT2D eigenvalue weighted by Gasteiger charge is -2.09. The van der Waals surface area contributed by atoms with Crippen molar-refractivity contribution in [3.63, 3.8) is 0 Å². The van der Waals surface area contributed by atoms with E-state index in [0.717, 1.165) is 29.6 Å². The third-order valence-corrected chi connectivity index (χ3v) is 4.22. The molecule has 1 fully saturated rings. The predicted molar refractivity (Wildman–Crippen MR) is 79.3 cm³/mol. The lowest BCUT2D eigenvalue weighted by molar-refractivity contribution is -0.123. The predicted octanol–water partition coefficient (Wildman–Crippen LogP) is 2.07. The Hall–Kier alpha value is -2.44. The smallest absolute Gasteiger partial charge is 0.231 e. The van der Waals surface area contributed by atoms with Gasteiger partial charge in [-0.25, -0.2) is 14.5 Å². The standard InChI is InChI=1S/C15H17N5O2/c1-7-9(3)22-15-11(7)13-18-12(19-20(13)6-16-15)8(2)17-14(21)10-4-5-10/h6,8,10H,4-5H2,1-3H3,(H,17,21)/t8-/m0/s1. The van der Waals surface area contributed by atoms with Gasteiger partial charge in [-0.3, -0.25) is 4.79 Å². The zero-order valence-electron chi connectivity index (χ0n) is 12.8. The first kappa shape index (κ1) is 13.2. The third kappa shape index (κ3) is 1.96. The number of carbonyl (C=O) groups is 1. The fraction of sp³-hybridized carbons (Fsp3) is 0.467. The van der Waals surface area contributed by atoms with E-state index in [9.17, 15) is 4.79 Å². The summed E-state index contributed by atoms with van der Waals surface area (Å²) < 4.78 is 7.26. The number of fused-ring (bicyclic) bond motifs is 3. The summed E-state index contributed by atoms with van der Waals surface area (Å²) in [6.07, 6.45) is 3.55. The topological polar surface area (TPSA) is 85.3 Å². The minimum atomic E-state index is -0.226. The number of nitrogens with one attached hydrogen (secondary N) is 1. The largest absolute Gasteiger partial charge is 0.443 e. The van der Waals surface area contributed by atoms with Crippen LogP contribution in [0, 0.1) is 19.8 Å². The van der Waals surface area contributed by atoms with Crippen LogP contribution in [-0.4, -0.2) is 25.5 Å². The van der Waals surface area contributed by atoms with Crippen LogP contribution in [0.5, 0.6) is 0 Å². The lowest BCUT2D eigenvalue weighted by atomic mass is 10.2. The highest BCUT2D eigenvalue weighted by molar-refractivity contribution is 5.91. The van der Waals surface area contributed by atoms with Crippen LogP contribution < -0.4 is 5.32 Å². The van der Waals surface area contributed by atoms with E-state index in [1.54, 1.807) is 10.8 Å². The normalized spacial score (nSPS) is 16.3. The maximum absolute atomic E-state index is 11.9. The zero-order chi connectivity index (χ0) is 15.4. The van der Waals surface area contributed by atoms with Gasteiger partial charge in [-0.2, -0.15) is 0 Å². The number of aryl methyl sites for hydroxylation is 2. The molecule has 0 aromatic carbocycles. The number of furan rings is 1. The maximum Gasteiger partial charge on any atom is 0.231 e. The van der Waals surface area contributed by atoms with Gasteiger partial charge < -0.3 is 9.73 Å². The Morgan fingerprint density at radius 1 is 1.45 bits per heavy atom. The molecule has 3 aromatic heterocycles. The summed E-state index contributed by atoms with van der Waals surface area (Å²) in [4.78, 5) is 20.7. The molecule has 22 heavy (non-hydrogen) atoms. The average Bonchev–Trinajstić information content (AvgIpc) is 3.18. The Morgan fingerprint density at radius 2 is 2.23 bits per heavy atom. The molecule has 7 nitrogen and oxygen atoms in total. The van der Waals surface area contributed by atoms with E-state index in [1.165, 1.54) is 0 Å². The van der Waals surface area contributed by atoms with Gasteiger partial charge in [0.25, 0.3) is 0 Å². The van der Waals surface area contributed by atoms with E-state index in [4.69, 9.17) is 4.42 Å². The highest BCUT2D eigenvalue weighted by Crippen LogP contribution is 2.30. The Balaban J connectivity index is 1.76. The molecule has 3 heterocycles. The number of rotatable bonds is 3. The fourth-order valence-corrected chi connectivity index (χ4v) is 2.59. The number of hydrogen-bond acceptors (Lipinski definition) is 5. The number of hydrogen-bond donors (Lipinski definition) is 1. The van der Waals surface area contributed by atoms with Gasteiger partial charge in [0.05, 0.1) is 11.4 Å². The van der Waals surface area contributed by atoms with E-state index < -0.39 is 0 Å². The van der Waals surface area contributed by atoms with Gasteiger partial charge in [-0.15, -0.1) is 5.10 Å². The van der Waals surface area contributed by atoms with Crippen molar-refractivity contribution in [3.8, 4) is 0 Å². The minimum Gasteiger partial charge on any atom is -0.443 e. The maximum atomic E-state index is 11.9. The van der Waals surface area contributed by atoms with Crippen LogP contribution >= 0.6 is 0 Å². The molecule has 1 atom stereocenters. The first-order chi connectivity index (χ1) is 10.5. The minimum absolute atomic E-state index is 0.0879. The van der Waals surface area contributed by atoms with E-state index >= 15 is 0 Å². The second kappa shape index (κ2) is 4.53. The molecule has 0 saturated heterocycles. The molecular formula is C15H17N5O2. The summed E-state index contributed by atoms with van der Waals surface area (Å²) in [7, 11) is 0. The van der Waals surface area contributed by atoms with Gasteiger partial charge >= 0.3 is 0 Å². The van der Waals surface area contributed by atoms with Crippen molar-refractivity contribution in [2.45, 2.75) is 39.7 Å². The van der Waals surface area contributed by atoms with E-state index in [-0.39, 0.29) is 17.9 Å². The molecule has 0 unspecified atom stereocenters. The third-order valence-electron chi connectivity index (χ3n) is 4.22. The van der Waals surface area contributed by atoms with Gasteiger partial charge in [-0.05, 0) is 33.6 Å². The average molecular weight is 299 g/mol. The van der Waals surface area contributed by atoms with Crippen molar-refractivity contribution >= 4 is 22.7 Å². The molecular weight excluding hydrogens is 282 g/mol. The second-order valence-corrected chi connectivity index (χ2v) is 5.95.